The lowest BCUT2D eigenvalue weighted by Crippen LogP contribution is -1.91. The van der Waals surface area contributed by atoms with Crippen molar-refractivity contribution in [1.82, 2.24) is 0 Å². The molecule has 1 nitrogen and oxygen atoms in total. The predicted octanol–water partition coefficient (Wildman–Crippen LogP) is 6.10. The monoisotopic (exact) mass is 270 g/mol. The van der Waals surface area contributed by atoms with Gasteiger partial charge >= 0.3 is 0 Å². The largest absolute Gasteiger partial charge is 0.396 e. The molecule has 116 valence electrons. The summed E-state index contributed by atoms with van der Waals surface area (Å²) in [4.78, 5) is 0. The molecule has 1 atom stereocenters. The van der Waals surface area contributed by atoms with Crippen LogP contribution in [0.15, 0.2) is 0 Å². The van der Waals surface area contributed by atoms with Crippen molar-refractivity contribution in [3.63, 3.8) is 0 Å². The first-order chi connectivity index (χ1) is 9.31. The summed E-state index contributed by atoms with van der Waals surface area (Å²) in [7, 11) is 0. The number of rotatable bonds is 15. The summed E-state index contributed by atoms with van der Waals surface area (Å²) >= 11 is 0. The summed E-state index contributed by atoms with van der Waals surface area (Å²) in [6, 6.07) is 0. The summed E-state index contributed by atoms with van der Waals surface area (Å²) < 4.78 is 0. The average Bonchev–Trinajstić information content (AvgIpc) is 2.43. The van der Waals surface area contributed by atoms with E-state index >= 15 is 0 Å². The SMILES string of the molecule is CC[C@H](C)CCCCCCCCCCCCCCO. The molecule has 0 amide bonds. The van der Waals surface area contributed by atoms with Crippen molar-refractivity contribution in [1.29, 1.82) is 0 Å². The zero-order valence-electron chi connectivity index (χ0n) is 13.6. The van der Waals surface area contributed by atoms with Crippen molar-refractivity contribution < 1.29 is 5.11 Å². The van der Waals surface area contributed by atoms with Crippen LogP contribution in [-0.2, 0) is 0 Å². The van der Waals surface area contributed by atoms with Gasteiger partial charge in [-0.2, -0.15) is 0 Å². The molecule has 0 radical (unpaired) electrons. The summed E-state index contributed by atoms with van der Waals surface area (Å²) in [5, 5.41) is 8.67. The molecule has 0 aromatic heterocycles. The maximum atomic E-state index is 8.67. The van der Waals surface area contributed by atoms with Gasteiger partial charge in [-0.05, 0) is 12.3 Å². The minimum atomic E-state index is 0.372. The highest BCUT2D eigenvalue weighted by Gasteiger charge is 1.98. The van der Waals surface area contributed by atoms with Crippen LogP contribution in [-0.4, -0.2) is 11.7 Å². The summed E-state index contributed by atoms with van der Waals surface area (Å²) in [6.07, 6.45) is 19.2. The number of hydrogen-bond donors (Lipinski definition) is 1. The van der Waals surface area contributed by atoms with Gasteiger partial charge in [-0.3, -0.25) is 0 Å². The molecule has 0 fully saturated rings. The lowest BCUT2D eigenvalue weighted by Gasteiger charge is -2.07. The fourth-order valence-electron chi connectivity index (χ4n) is 2.58. The topological polar surface area (TPSA) is 20.2 Å². The van der Waals surface area contributed by atoms with Crippen molar-refractivity contribution in [2.24, 2.45) is 5.92 Å². The van der Waals surface area contributed by atoms with Crippen molar-refractivity contribution in [3.8, 4) is 0 Å². The van der Waals surface area contributed by atoms with E-state index < -0.39 is 0 Å². The quantitative estimate of drug-likeness (QED) is 0.357. The van der Waals surface area contributed by atoms with E-state index in [0.29, 0.717) is 6.61 Å². The summed E-state index contributed by atoms with van der Waals surface area (Å²) in [5.74, 6) is 0.936. The van der Waals surface area contributed by atoms with Crippen LogP contribution >= 0.6 is 0 Å². The fourth-order valence-corrected chi connectivity index (χ4v) is 2.58. The maximum absolute atomic E-state index is 8.67. The lowest BCUT2D eigenvalue weighted by molar-refractivity contribution is 0.282. The standard InChI is InChI=1S/C18H38O/c1-3-18(2)16-14-12-10-8-6-4-5-7-9-11-13-15-17-19/h18-19H,3-17H2,1-2H3/t18-/m0/s1. The minimum Gasteiger partial charge on any atom is -0.396 e. The zero-order valence-corrected chi connectivity index (χ0v) is 13.6. The highest BCUT2D eigenvalue weighted by Crippen LogP contribution is 2.15. The number of aliphatic hydroxyl groups is 1. The Morgan fingerprint density at radius 3 is 1.37 bits per heavy atom. The van der Waals surface area contributed by atoms with E-state index in [-0.39, 0.29) is 0 Å². The van der Waals surface area contributed by atoms with Gasteiger partial charge in [0.05, 0.1) is 0 Å². The highest BCUT2D eigenvalue weighted by molar-refractivity contribution is 4.52. The average molecular weight is 271 g/mol. The Bertz CT molecular complexity index is 156. The van der Waals surface area contributed by atoms with Crippen LogP contribution < -0.4 is 0 Å². The van der Waals surface area contributed by atoms with Gasteiger partial charge in [-0.1, -0.05) is 97.3 Å². The summed E-state index contributed by atoms with van der Waals surface area (Å²) in [5.41, 5.74) is 0. The van der Waals surface area contributed by atoms with Crippen molar-refractivity contribution >= 4 is 0 Å². The van der Waals surface area contributed by atoms with Gasteiger partial charge < -0.3 is 5.11 Å². The van der Waals surface area contributed by atoms with E-state index in [1.165, 1.54) is 83.5 Å². The molecular weight excluding hydrogens is 232 g/mol. The van der Waals surface area contributed by atoms with Gasteiger partial charge in [-0.25, -0.2) is 0 Å². The van der Waals surface area contributed by atoms with Crippen LogP contribution in [0.3, 0.4) is 0 Å². The van der Waals surface area contributed by atoms with Crippen molar-refractivity contribution in [3.05, 3.63) is 0 Å². The van der Waals surface area contributed by atoms with Crippen LogP contribution in [0.4, 0.5) is 0 Å². The first-order valence-electron chi connectivity index (χ1n) is 8.92. The molecule has 0 aliphatic heterocycles. The Hall–Kier alpha value is -0.0400. The van der Waals surface area contributed by atoms with Crippen LogP contribution in [0.25, 0.3) is 0 Å². The van der Waals surface area contributed by atoms with Gasteiger partial charge in [0.15, 0.2) is 0 Å². The Kier molecular flexibility index (Phi) is 16.0. The predicted molar refractivity (Wildman–Crippen MR) is 86.6 cm³/mol. The molecule has 0 saturated carbocycles. The van der Waals surface area contributed by atoms with E-state index in [4.69, 9.17) is 5.11 Å². The normalized spacial score (nSPS) is 12.8. The number of aliphatic hydroxyl groups excluding tert-OH is 1. The van der Waals surface area contributed by atoms with Crippen LogP contribution in [0.1, 0.15) is 104 Å². The minimum absolute atomic E-state index is 0.372. The van der Waals surface area contributed by atoms with E-state index in [9.17, 15) is 0 Å². The van der Waals surface area contributed by atoms with Crippen molar-refractivity contribution in [2.45, 2.75) is 104 Å². The third kappa shape index (κ3) is 15.9. The van der Waals surface area contributed by atoms with Gasteiger partial charge in [0.25, 0.3) is 0 Å². The second kappa shape index (κ2) is 16.0. The molecule has 19 heavy (non-hydrogen) atoms. The first kappa shape index (κ1) is 19.0. The van der Waals surface area contributed by atoms with Gasteiger partial charge in [0.1, 0.15) is 0 Å². The van der Waals surface area contributed by atoms with E-state index in [2.05, 4.69) is 13.8 Å². The molecule has 0 unspecified atom stereocenters. The highest BCUT2D eigenvalue weighted by atomic mass is 16.2. The maximum Gasteiger partial charge on any atom is 0.0431 e. The molecule has 0 rings (SSSR count). The second-order valence-electron chi connectivity index (χ2n) is 6.27. The van der Waals surface area contributed by atoms with Gasteiger partial charge in [0, 0.05) is 6.61 Å². The molecule has 0 heterocycles. The third-order valence-corrected chi connectivity index (χ3v) is 4.30. The van der Waals surface area contributed by atoms with E-state index in [1.807, 2.05) is 0 Å². The van der Waals surface area contributed by atoms with Crippen LogP contribution in [0, 0.1) is 5.92 Å². The molecular formula is C18H38O. The summed E-state index contributed by atoms with van der Waals surface area (Å²) in [6.45, 7) is 5.05. The molecule has 1 heteroatoms. The smallest absolute Gasteiger partial charge is 0.0431 e. The molecule has 0 aromatic carbocycles. The Labute approximate surface area is 122 Å². The molecule has 1 N–H and O–H groups in total. The first-order valence-corrected chi connectivity index (χ1v) is 8.92. The fraction of sp³-hybridized carbons (Fsp3) is 1.00. The number of hydrogen-bond acceptors (Lipinski definition) is 1. The third-order valence-electron chi connectivity index (χ3n) is 4.30. The van der Waals surface area contributed by atoms with Crippen LogP contribution in [0.5, 0.6) is 0 Å². The second-order valence-corrected chi connectivity index (χ2v) is 6.27. The molecule has 0 aliphatic carbocycles. The van der Waals surface area contributed by atoms with E-state index in [1.54, 1.807) is 0 Å². The number of unbranched alkanes of at least 4 members (excludes halogenated alkanes) is 11. The van der Waals surface area contributed by atoms with Gasteiger partial charge in [-0.15, -0.1) is 0 Å². The molecule has 0 aliphatic rings. The molecule has 0 aromatic rings. The van der Waals surface area contributed by atoms with E-state index in [0.717, 1.165) is 12.3 Å². The van der Waals surface area contributed by atoms with Gasteiger partial charge in [0.2, 0.25) is 0 Å². The van der Waals surface area contributed by atoms with Crippen molar-refractivity contribution in [2.75, 3.05) is 6.61 Å². The zero-order chi connectivity index (χ0) is 14.2. The Morgan fingerprint density at radius 2 is 1.00 bits per heavy atom. The van der Waals surface area contributed by atoms with Crippen LogP contribution in [0.2, 0.25) is 0 Å². The lowest BCUT2D eigenvalue weighted by atomic mass is 9.99. The Morgan fingerprint density at radius 1 is 0.632 bits per heavy atom. The molecule has 0 bridgehead atoms. The Balaban J connectivity index is 2.95. The molecule has 0 spiro atoms. The molecule has 0 saturated heterocycles.